The van der Waals surface area contributed by atoms with Crippen LogP contribution in [-0.2, 0) is 11.4 Å². The number of hydrogen-bond acceptors (Lipinski definition) is 6. The Morgan fingerprint density at radius 3 is 2.57 bits per heavy atom. The number of carbonyl (C=O) groups is 1. The number of nitrogens with one attached hydrogen (secondary N) is 1. The van der Waals surface area contributed by atoms with Gasteiger partial charge in [-0.25, -0.2) is 0 Å². The van der Waals surface area contributed by atoms with Gasteiger partial charge in [0.05, 0.1) is 15.1 Å². The van der Waals surface area contributed by atoms with E-state index >= 15 is 0 Å². The Hall–Kier alpha value is -3.91. The van der Waals surface area contributed by atoms with Crippen molar-refractivity contribution in [1.82, 2.24) is 0 Å². The van der Waals surface area contributed by atoms with E-state index in [1.165, 1.54) is 18.2 Å². The van der Waals surface area contributed by atoms with E-state index in [1.54, 1.807) is 25.1 Å². The number of aryl methyl sites for hydroxylation is 1. The minimum Gasteiger partial charge on any atom is -0.490 e. The highest BCUT2D eigenvalue weighted by Gasteiger charge is 2.19. The first-order valence-electron chi connectivity index (χ1n) is 10.6. The second kappa shape index (κ2) is 12.0. The van der Waals surface area contributed by atoms with Crippen molar-refractivity contribution < 1.29 is 19.2 Å². The molecule has 0 aliphatic heterocycles. The zero-order chi connectivity index (χ0) is 25.4. The number of nitro groups is 1. The molecule has 8 nitrogen and oxygen atoms in total. The van der Waals surface area contributed by atoms with E-state index in [9.17, 15) is 20.2 Å². The molecule has 1 N–H and O–H groups in total. The first-order chi connectivity index (χ1) is 16.8. The minimum atomic E-state index is -0.753. The predicted molar refractivity (Wildman–Crippen MR) is 141 cm³/mol. The number of nitrogens with zero attached hydrogens (tertiary/aromatic N) is 2. The van der Waals surface area contributed by atoms with E-state index in [-0.39, 0.29) is 16.9 Å². The van der Waals surface area contributed by atoms with Crippen molar-refractivity contribution in [1.29, 1.82) is 5.26 Å². The SMILES string of the molecule is CCOc1cc(/C=C(\C#N)C(=O)Nc2ccc(C)cc2[N+](=O)[O-])cc(I)c1OCc1ccccc1. The van der Waals surface area contributed by atoms with Crippen molar-refractivity contribution in [3.05, 3.63) is 96.6 Å². The van der Waals surface area contributed by atoms with Crippen molar-refractivity contribution in [3.8, 4) is 17.6 Å². The fraction of sp³-hybridized carbons (Fsp3) is 0.154. The van der Waals surface area contributed by atoms with Crippen LogP contribution in [0.15, 0.2) is 66.2 Å². The third-order valence-corrected chi connectivity index (χ3v) is 5.63. The van der Waals surface area contributed by atoms with E-state index in [2.05, 4.69) is 27.9 Å². The Bertz CT molecular complexity index is 1320. The van der Waals surface area contributed by atoms with Crippen LogP contribution in [0.25, 0.3) is 6.08 Å². The van der Waals surface area contributed by atoms with E-state index in [4.69, 9.17) is 9.47 Å². The molecule has 0 aromatic heterocycles. The molecule has 0 heterocycles. The molecule has 0 aliphatic carbocycles. The molecule has 0 atom stereocenters. The molecule has 0 unspecified atom stereocenters. The maximum Gasteiger partial charge on any atom is 0.293 e. The van der Waals surface area contributed by atoms with E-state index < -0.39 is 10.8 Å². The van der Waals surface area contributed by atoms with Crippen LogP contribution >= 0.6 is 22.6 Å². The monoisotopic (exact) mass is 583 g/mol. The summed E-state index contributed by atoms with van der Waals surface area (Å²) in [7, 11) is 0. The number of nitriles is 1. The van der Waals surface area contributed by atoms with Gasteiger partial charge in [-0.15, -0.1) is 0 Å². The number of amides is 1. The van der Waals surface area contributed by atoms with Gasteiger partial charge < -0.3 is 14.8 Å². The lowest BCUT2D eigenvalue weighted by Crippen LogP contribution is -2.14. The van der Waals surface area contributed by atoms with E-state index in [0.717, 1.165) is 9.13 Å². The van der Waals surface area contributed by atoms with Crippen LogP contribution in [0.2, 0.25) is 0 Å². The van der Waals surface area contributed by atoms with Crippen molar-refractivity contribution in [3.63, 3.8) is 0 Å². The third-order valence-electron chi connectivity index (χ3n) is 4.83. The van der Waals surface area contributed by atoms with Gasteiger partial charge >= 0.3 is 0 Å². The molecule has 0 fully saturated rings. The molecule has 178 valence electrons. The number of hydrogen-bond donors (Lipinski definition) is 1. The lowest BCUT2D eigenvalue weighted by atomic mass is 10.1. The molecule has 0 spiro atoms. The molecule has 0 aliphatic rings. The molecule has 0 radical (unpaired) electrons. The van der Waals surface area contributed by atoms with Gasteiger partial charge in [-0.3, -0.25) is 14.9 Å². The smallest absolute Gasteiger partial charge is 0.293 e. The van der Waals surface area contributed by atoms with Gasteiger partial charge in [-0.2, -0.15) is 5.26 Å². The lowest BCUT2D eigenvalue weighted by Gasteiger charge is -2.15. The van der Waals surface area contributed by atoms with Gasteiger partial charge in [0, 0.05) is 6.07 Å². The highest BCUT2D eigenvalue weighted by molar-refractivity contribution is 14.1. The number of benzene rings is 3. The van der Waals surface area contributed by atoms with Gasteiger partial charge in [-0.1, -0.05) is 36.4 Å². The van der Waals surface area contributed by atoms with Crippen LogP contribution < -0.4 is 14.8 Å². The zero-order valence-electron chi connectivity index (χ0n) is 19.1. The third kappa shape index (κ3) is 6.80. The molecular weight excluding hydrogens is 561 g/mol. The van der Waals surface area contributed by atoms with Gasteiger partial charge in [0.2, 0.25) is 0 Å². The summed E-state index contributed by atoms with van der Waals surface area (Å²) in [5, 5.41) is 23.4. The molecule has 1 amide bonds. The molecule has 0 bridgehead atoms. The van der Waals surface area contributed by atoms with Crippen LogP contribution in [0.5, 0.6) is 11.5 Å². The molecule has 0 saturated carbocycles. The number of halogens is 1. The topological polar surface area (TPSA) is 114 Å². The molecule has 9 heteroatoms. The van der Waals surface area contributed by atoms with E-state index in [0.29, 0.717) is 35.8 Å². The van der Waals surface area contributed by atoms with Crippen LogP contribution in [0, 0.1) is 31.9 Å². The van der Waals surface area contributed by atoms with Crippen molar-refractivity contribution in [2.75, 3.05) is 11.9 Å². The number of anilines is 1. The summed E-state index contributed by atoms with van der Waals surface area (Å²) in [6, 6.07) is 19.5. The molecule has 3 aromatic carbocycles. The number of rotatable bonds is 9. The fourth-order valence-corrected chi connectivity index (χ4v) is 3.99. The Kier molecular flexibility index (Phi) is 8.80. The summed E-state index contributed by atoms with van der Waals surface area (Å²) in [4.78, 5) is 23.5. The summed E-state index contributed by atoms with van der Waals surface area (Å²) in [6.45, 7) is 4.31. The summed E-state index contributed by atoms with van der Waals surface area (Å²) in [6.07, 6.45) is 1.40. The van der Waals surface area contributed by atoms with Gasteiger partial charge in [0.15, 0.2) is 11.5 Å². The Balaban J connectivity index is 1.88. The quantitative estimate of drug-likeness (QED) is 0.108. The van der Waals surface area contributed by atoms with Crippen molar-refractivity contribution in [2.24, 2.45) is 0 Å². The normalized spacial score (nSPS) is 10.9. The average Bonchev–Trinajstić information content (AvgIpc) is 2.83. The molecule has 35 heavy (non-hydrogen) atoms. The number of nitro benzene ring substituents is 1. The average molecular weight is 583 g/mol. The second-order valence-electron chi connectivity index (χ2n) is 7.44. The number of carbonyl (C=O) groups excluding carboxylic acids is 1. The molecular formula is C26H22IN3O5. The molecule has 3 rings (SSSR count). The maximum absolute atomic E-state index is 12.7. The van der Waals surface area contributed by atoms with Gasteiger partial charge in [0.1, 0.15) is 23.9 Å². The maximum atomic E-state index is 12.7. The van der Waals surface area contributed by atoms with Crippen LogP contribution in [0.3, 0.4) is 0 Å². The number of ether oxygens (including phenoxy) is 2. The van der Waals surface area contributed by atoms with Crippen molar-refractivity contribution >= 4 is 45.9 Å². The first kappa shape index (κ1) is 25.7. The van der Waals surface area contributed by atoms with E-state index in [1.807, 2.05) is 43.3 Å². The standard InChI is InChI=1S/C26H22IN3O5/c1-3-34-24-14-19(13-21(27)25(24)35-16-18-7-5-4-6-8-18)12-20(15-28)26(31)29-22-10-9-17(2)11-23(22)30(32)33/h4-14H,3,16H2,1-2H3,(H,29,31)/b20-12+. The molecule has 0 saturated heterocycles. The van der Waals surface area contributed by atoms with Crippen LogP contribution in [0.4, 0.5) is 11.4 Å². The van der Waals surface area contributed by atoms with Gasteiger partial charge in [0.25, 0.3) is 11.6 Å². The Morgan fingerprint density at radius 2 is 1.91 bits per heavy atom. The van der Waals surface area contributed by atoms with Crippen LogP contribution in [-0.4, -0.2) is 17.4 Å². The summed E-state index contributed by atoms with van der Waals surface area (Å²) >= 11 is 2.11. The fourth-order valence-electron chi connectivity index (χ4n) is 3.21. The predicted octanol–water partition coefficient (Wildman–Crippen LogP) is 6.03. The van der Waals surface area contributed by atoms with Gasteiger partial charge in [-0.05, 0) is 77.4 Å². The highest BCUT2D eigenvalue weighted by Crippen LogP contribution is 2.35. The Morgan fingerprint density at radius 1 is 1.17 bits per heavy atom. The summed E-state index contributed by atoms with van der Waals surface area (Å²) < 4.78 is 12.5. The first-order valence-corrected chi connectivity index (χ1v) is 11.7. The lowest BCUT2D eigenvalue weighted by molar-refractivity contribution is -0.384. The summed E-state index contributed by atoms with van der Waals surface area (Å²) in [5.74, 6) is 0.289. The summed E-state index contributed by atoms with van der Waals surface area (Å²) in [5.41, 5.74) is 1.79. The zero-order valence-corrected chi connectivity index (χ0v) is 21.2. The van der Waals surface area contributed by atoms with Crippen LogP contribution in [0.1, 0.15) is 23.6 Å². The Labute approximate surface area is 216 Å². The minimum absolute atomic E-state index is 0.0148. The van der Waals surface area contributed by atoms with Crippen molar-refractivity contribution in [2.45, 2.75) is 20.5 Å². The highest BCUT2D eigenvalue weighted by atomic mass is 127. The largest absolute Gasteiger partial charge is 0.490 e. The molecule has 3 aromatic rings. The second-order valence-corrected chi connectivity index (χ2v) is 8.60.